The Balaban J connectivity index is 1.77. The highest BCUT2D eigenvalue weighted by molar-refractivity contribution is 6.40. The van der Waals surface area contributed by atoms with Gasteiger partial charge in [0, 0.05) is 30.8 Å². The van der Waals surface area contributed by atoms with E-state index in [0.29, 0.717) is 18.8 Å². The molecule has 7 nitrogen and oxygen atoms in total. The molecule has 0 bridgehead atoms. The molecule has 3 heterocycles. The molecule has 2 aliphatic heterocycles. The van der Waals surface area contributed by atoms with Gasteiger partial charge in [-0.3, -0.25) is 9.79 Å². The van der Waals surface area contributed by atoms with Crippen molar-refractivity contribution in [2.24, 2.45) is 10.9 Å². The van der Waals surface area contributed by atoms with Crippen molar-refractivity contribution in [1.29, 1.82) is 0 Å². The van der Waals surface area contributed by atoms with Crippen LogP contribution in [0.4, 0.5) is 11.8 Å². The summed E-state index contributed by atoms with van der Waals surface area (Å²) in [5.41, 5.74) is 8.36. The summed E-state index contributed by atoms with van der Waals surface area (Å²) < 4.78 is 0. The Morgan fingerprint density at radius 2 is 2.29 bits per heavy atom. The highest BCUT2D eigenvalue weighted by Crippen LogP contribution is 2.25. The van der Waals surface area contributed by atoms with Gasteiger partial charge in [0.25, 0.3) is 5.91 Å². The number of allylic oxidation sites excluding steroid dienone is 1. The lowest BCUT2D eigenvalue weighted by atomic mass is 10.0. The van der Waals surface area contributed by atoms with Gasteiger partial charge in [0.15, 0.2) is 0 Å². The highest BCUT2D eigenvalue weighted by Gasteiger charge is 2.29. The summed E-state index contributed by atoms with van der Waals surface area (Å²) in [6.07, 6.45) is 6.55. The number of unbranched alkanes of at least 4 members (excludes halogenated alkanes) is 1. The Hall–Kier alpha value is -2.44. The number of carbonyl (C=O) groups is 1. The zero-order valence-corrected chi connectivity index (χ0v) is 14.2. The SMILES string of the molecule is CCCCNc1nc(N)nc2c1CCN(C(=O)C1=NC=CC1C)C2. The molecule has 3 rings (SSSR count). The molecule has 0 aromatic carbocycles. The van der Waals surface area contributed by atoms with E-state index >= 15 is 0 Å². The smallest absolute Gasteiger partial charge is 0.269 e. The molecule has 0 aliphatic carbocycles. The van der Waals surface area contributed by atoms with Crippen LogP contribution in [0.5, 0.6) is 0 Å². The van der Waals surface area contributed by atoms with Gasteiger partial charge in [-0.1, -0.05) is 26.3 Å². The lowest BCUT2D eigenvalue weighted by Gasteiger charge is -2.29. The summed E-state index contributed by atoms with van der Waals surface area (Å²) in [4.78, 5) is 27.4. The van der Waals surface area contributed by atoms with Crippen LogP contribution < -0.4 is 11.1 Å². The van der Waals surface area contributed by atoms with Crippen LogP contribution in [0, 0.1) is 5.92 Å². The molecule has 24 heavy (non-hydrogen) atoms. The molecular weight excluding hydrogens is 304 g/mol. The zero-order chi connectivity index (χ0) is 17.1. The molecule has 1 atom stereocenters. The van der Waals surface area contributed by atoms with Crippen molar-refractivity contribution in [3.8, 4) is 0 Å². The predicted molar refractivity (Wildman–Crippen MR) is 94.7 cm³/mol. The van der Waals surface area contributed by atoms with Crippen LogP contribution >= 0.6 is 0 Å². The molecule has 7 heteroatoms. The third-order valence-corrected chi connectivity index (χ3v) is 4.43. The first kappa shape index (κ1) is 16.4. The molecule has 1 amide bonds. The van der Waals surface area contributed by atoms with Gasteiger partial charge in [0.1, 0.15) is 11.5 Å². The van der Waals surface area contributed by atoms with Crippen LogP contribution in [0.2, 0.25) is 0 Å². The Morgan fingerprint density at radius 1 is 1.46 bits per heavy atom. The number of nitrogens with zero attached hydrogens (tertiary/aromatic N) is 4. The summed E-state index contributed by atoms with van der Waals surface area (Å²) >= 11 is 0. The quantitative estimate of drug-likeness (QED) is 0.803. The number of nitrogens with one attached hydrogen (secondary N) is 1. The van der Waals surface area contributed by atoms with E-state index in [1.54, 1.807) is 11.1 Å². The summed E-state index contributed by atoms with van der Waals surface area (Å²) in [7, 11) is 0. The number of anilines is 2. The van der Waals surface area contributed by atoms with E-state index in [1.807, 2.05) is 13.0 Å². The second kappa shape index (κ2) is 6.98. The van der Waals surface area contributed by atoms with Gasteiger partial charge < -0.3 is 16.0 Å². The van der Waals surface area contributed by atoms with Gasteiger partial charge in [-0.15, -0.1) is 0 Å². The fourth-order valence-corrected chi connectivity index (χ4v) is 3.03. The number of aromatic nitrogens is 2. The van der Waals surface area contributed by atoms with Crippen LogP contribution in [-0.4, -0.2) is 39.6 Å². The number of fused-ring (bicyclic) bond motifs is 1. The summed E-state index contributed by atoms with van der Waals surface area (Å²) in [5, 5.41) is 3.35. The lowest BCUT2D eigenvalue weighted by molar-refractivity contribution is -0.125. The van der Waals surface area contributed by atoms with Crippen LogP contribution in [0.15, 0.2) is 17.3 Å². The van der Waals surface area contributed by atoms with Crippen LogP contribution in [0.1, 0.15) is 37.9 Å². The minimum Gasteiger partial charge on any atom is -0.370 e. The van der Waals surface area contributed by atoms with Crippen molar-refractivity contribution in [1.82, 2.24) is 14.9 Å². The van der Waals surface area contributed by atoms with E-state index in [-0.39, 0.29) is 17.8 Å². The van der Waals surface area contributed by atoms with Crippen molar-refractivity contribution in [3.63, 3.8) is 0 Å². The molecule has 0 saturated heterocycles. The van der Waals surface area contributed by atoms with Gasteiger partial charge in [0.2, 0.25) is 5.95 Å². The molecule has 0 spiro atoms. The fourth-order valence-electron chi connectivity index (χ4n) is 3.03. The normalized spacial score (nSPS) is 19.2. The van der Waals surface area contributed by atoms with Gasteiger partial charge in [-0.05, 0) is 12.8 Å². The van der Waals surface area contributed by atoms with Gasteiger partial charge in [-0.2, -0.15) is 4.98 Å². The molecule has 0 radical (unpaired) electrons. The van der Waals surface area contributed by atoms with Crippen molar-refractivity contribution < 1.29 is 4.79 Å². The number of aliphatic imine (C=N–C) groups is 1. The molecule has 0 fully saturated rings. The summed E-state index contributed by atoms with van der Waals surface area (Å²) in [5.74, 6) is 1.11. The largest absolute Gasteiger partial charge is 0.370 e. The van der Waals surface area contributed by atoms with E-state index in [0.717, 1.165) is 42.9 Å². The minimum atomic E-state index is -0.0178. The first-order valence-corrected chi connectivity index (χ1v) is 8.53. The predicted octanol–water partition coefficient (Wildman–Crippen LogP) is 1.76. The monoisotopic (exact) mass is 328 g/mol. The molecule has 0 saturated carbocycles. The molecule has 2 aliphatic rings. The van der Waals surface area contributed by atoms with Gasteiger partial charge in [-0.25, -0.2) is 4.98 Å². The number of nitrogens with two attached hydrogens (primary N) is 1. The number of rotatable bonds is 5. The topological polar surface area (TPSA) is 96.5 Å². The molecule has 3 N–H and O–H groups in total. The zero-order valence-electron chi connectivity index (χ0n) is 14.2. The Morgan fingerprint density at radius 3 is 3.00 bits per heavy atom. The van der Waals surface area contributed by atoms with E-state index in [2.05, 4.69) is 27.2 Å². The first-order valence-electron chi connectivity index (χ1n) is 8.53. The molecule has 1 aromatic rings. The Labute approximate surface area is 142 Å². The molecule has 128 valence electrons. The number of carbonyl (C=O) groups excluding carboxylic acids is 1. The third-order valence-electron chi connectivity index (χ3n) is 4.43. The maximum Gasteiger partial charge on any atom is 0.269 e. The third kappa shape index (κ3) is 3.25. The lowest BCUT2D eigenvalue weighted by Crippen LogP contribution is -2.42. The number of nitrogen functional groups attached to an aromatic ring is 1. The summed E-state index contributed by atoms with van der Waals surface area (Å²) in [6.45, 7) is 6.09. The van der Waals surface area contributed by atoms with Crippen molar-refractivity contribution in [2.75, 3.05) is 24.1 Å². The van der Waals surface area contributed by atoms with Crippen LogP contribution in [0.3, 0.4) is 0 Å². The van der Waals surface area contributed by atoms with Crippen molar-refractivity contribution >= 4 is 23.4 Å². The van der Waals surface area contributed by atoms with Crippen molar-refractivity contribution in [2.45, 2.75) is 39.7 Å². The second-order valence-corrected chi connectivity index (χ2v) is 6.26. The minimum absolute atomic E-state index is 0.0178. The van der Waals surface area contributed by atoms with Crippen molar-refractivity contribution in [3.05, 3.63) is 23.5 Å². The van der Waals surface area contributed by atoms with E-state index in [1.165, 1.54) is 0 Å². The first-order chi connectivity index (χ1) is 11.6. The number of amides is 1. The van der Waals surface area contributed by atoms with Crippen LogP contribution in [-0.2, 0) is 17.8 Å². The average molecular weight is 328 g/mol. The second-order valence-electron chi connectivity index (χ2n) is 6.26. The van der Waals surface area contributed by atoms with E-state index < -0.39 is 0 Å². The maximum atomic E-state index is 12.7. The number of hydrogen-bond donors (Lipinski definition) is 2. The van der Waals surface area contributed by atoms with E-state index in [4.69, 9.17) is 5.73 Å². The molecular formula is C17H24N6O. The fraction of sp³-hybridized carbons (Fsp3) is 0.529. The van der Waals surface area contributed by atoms with Gasteiger partial charge in [0.05, 0.1) is 12.2 Å². The molecule has 1 unspecified atom stereocenters. The van der Waals surface area contributed by atoms with Crippen LogP contribution in [0.25, 0.3) is 0 Å². The maximum absolute atomic E-state index is 12.7. The van der Waals surface area contributed by atoms with E-state index in [9.17, 15) is 4.79 Å². The Kier molecular flexibility index (Phi) is 4.78. The highest BCUT2D eigenvalue weighted by atomic mass is 16.2. The molecule has 1 aromatic heterocycles. The van der Waals surface area contributed by atoms with Gasteiger partial charge >= 0.3 is 0 Å². The number of hydrogen-bond acceptors (Lipinski definition) is 6. The Bertz CT molecular complexity index is 697. The summed E-state index contributed by atoms with van der Waals surface area (Å²) in [6, 6.07) is 0. The standard InChI is InChI=1S/C17H24N6O/c1-3-4-7-20-15-12-6-9-23(10-13(12)21-17(18)22-15)16(24)14-11(2)5-8-19-14/h5,8,11H,3-4,6-7,9-10H2,1-2H3,(H3,18,20,21,22). The average Bonchev–Trinajstić information content (AvgIpc) is 2.99.